The highest BCUT2D eigenvalue weighted by atomic mass is 28.5. The fraction of sp³-hybridized carbons (Fsp3) is 0.742. The lowest BCUT2D eigenvalue weighted by atomic mass is 10.4. The quantitative estimate of drug-likeness (QED) is 0.0401. The first-order chi connectivity index (χ1) is 22.7. The molecular weight excluding hydrogens is 693 g/mol. The third-order valence-electron chi connectivity index (χ3n) is 5.59. The van der Waals surface area contributed by atoms with E-state index in [1.165, 1.54) is 0 Å². The smallest absolute Gasteiger partial charge is 0.407 e. The molecule has 0 rings (SSSR count). The lowest BCUT2D eigenvalue weighted by molar-refractivity contribution is -0.141. The zero-order valence-corrected chi connectivity index (χ0v) is 34.0. The first kappa shape index (κ1) is 46.4. The maximum atomic E-state index is 12.5. The lowest BCUT2D eigenvalue weighted by Crippen LogP contribution is -2.52. The number of carbonyl (C=O) groups excluding carboxylic acids is 4. The Morgan fingerprint density at radius 3 is 1.51 bits per heavy atom. The molecule has 1 atom stereocenters. The maximum Gasteiger partial charge on any atom is 0.407 e. The minimum absolute atomic E-state index is 0.0146. The zero-order chi connectivity index (χ0) is 37.5. The predicted octanol–water partition coefficient (Wildman–Crippen LogP) is 4.26. The van der Waals surface area contributed by atoms with Crippen molar-refractivity contribution in [2.75, 3.05) is 72.6 Å². The van der Waals surface area contributed by atoms with E-state index in [-0.39, 0.29) is 65.9 Å². The van der Waals surface area contributed by atoms with Gasteiger partial charge in [0.2, 0.25) is 0 Å². The van der Waals surface area contributed by atoms with Crippen LogP contribution in [0.2, 0.25) is 51.9 Å². The van der Waals surface area contributed by atoms with Gasteiger partial charge in [-0.25, -0.2) is 19.2 Å². The maximum absolute atomic E-state index is 12.5. The number of esters is 2. The molecule has 0 spiro atoms. The molecular formula is C31H60N2O13Si3. The largest absolute Gasteiger partial charge is 0.460 e. The van der Waals surface area contributed by atoms with Crippen LogP contribution in [0, 0.1) is 0 Å². The Kier molecular flexibility index (Phi) is 23.2. The van der Waals surface area contributed by atoms with E-state index < -0.39 is 55.4 Å². The highest BCUT2D eigenvalue weighted by molar-refractivity contribution is 6.87. The molecule has 15 nitrogen and oxygen atoms in total. The molecule has 0 aliphatic heterocycles. The van der Waals surface area contributed by atoms with Gasteiger partial charge in [0.1, 0.15) is 19.8 Å². The Labute approximate surface area is 295 Å². The van der Waals surface area contributed by atoms with Gasteiger partial charge in [-0.05, 0) is 72.1 Å². The van der Waals surface area contributed by atoms with E-state index >= 15 is 0 Å². The van der Waals surface area contributed by atoms with Gasteiger partial charge in [-0.3, -0.25) is 0 Å². The molecule has 0 aliphatic rings. The highest BCUT2D eigenvalue weighted by Crippen LogP contribution is 2.25. The van der Waals surface area contributed by atoms with Gasteiger partial charge >= 0.3 is 32.7 Å². The van der Waals surface area contributed by atoms with Gasteiger partial charge in [-0.1, -0.05) is 13.2 Å². The van der Waals surface area contributed by atoms with Gasteiger partial charge in [-0.2, -0.15) is 0 Å². The van der Waals surface area contributed by atoms with Crippen LogP contribution in [0.15, 0.2) is 24.3 Å². The van der Waals surface area contributed by atoms with Crippen molar-refractivity contribution < 1.29 is 60.6 Å². The summed E-state index contributed by atoms with van der Waals surface area (Å²) in [5.74, 6) is -1.00. The molecule has 0 saturated carbocycles. The summed E-state index contributed by atoms with van der Waals surface area (Å²) in [6.07, 6.45) is -1.69. The third kappa shape index (κ3) is 27.9. The summed E-state index contributed by atoms with van der Waals surface area (Å²) in [5, 5.41) is 5.10. The topological polar surface area (TPSA) is 175 Å². The molecule has 0 fully saturated rings. The van der Waals surface area contributed by atoms with E-state index in [9.17, 15) is 19.2 Å². The van der Waals surface area contributed by atoms with Crippen LogP contribution in [0.25, 0.3) is 0 Å². The van der Waals surface area contributed by atoms with Crippen LogP contribution in [-0.4, -0.2) is 128 Å². The molecule has 18 heteroatoms. The summed E-state index contributed by atoms with van der Waals surface area (Å²) in [5.41, 5.74) is 0.588. The van der Waals surface area contributed by atoms with E-state index in [2.05, 4.69) is 69.6 Å². The number of amides is 2. The van der Waals surface area contributed by atoms with E-state index in [1.807, 2.05) is 0 Å². The second kappa shape index (κ2) is 24.5. The molecule has 0 bridgehead atoms. The van der Waals surface area contributed by atoms with E-state index in [0.29, 0.717) is 24.2 Å². The second-order valence-electron chi connectivity index (χ2n) is 13.3. The molecule has 0 heterocycles. The van der Waals surface area contributed by atoms with Crippen molar-refractivity contribution in [1.29, 1.82) is 0 Å². The van der Waals surface area contributed by atoms with Crippen molar-refractivity contribution in [2.24, 2.45) is 0 Å². The van der Waals surface area contributed by atoms with Gasteiger partial charge < -0.3 is 52.0 Å². The van der Waals surface area contributed by atoms with Gasteiger partial charge in [0.05, 0.1) is 33.0 Å². The normalized spacial score (nSPS) is 12.4. The van der Waals surface area contributed by atoms with Gasteiger partial charge in [0, 0.05) is 30.8 Å². The molecule has 0 aliphatic carbocycles. The van der Waals surface area contributed by atoms with Crippen LogP contribution in [0.3, 0.4) is 0 Å². The molecule has 0 aromatic carbocycles. The van der Waals surface area contributed by atoms with Gasteiger partial charge in [0.15, 0.2) is 22.7 Å². The Morgan fingerprint density at radius 2 is 1.06 bits per heavy atom. The van der Waals surface area contributed by atoms with Gasteiger partial charge in [0.25, 0.3) is 0 Å². The highest BCUT2D eigenvalue weighted by Gasteiger charge is 2.39. The Morgan fingerprint density at radius 1 is 0.592 bits per heavy atom. The first-order valence-corrected chi connectivity index (χ1v) is 25.7. The van der Waals surface area contributed by atoms with E-state index in [0.717, 1.165) is 6.04 Å². The standard InChI is InChI=1S/C31H60N2O13Si3/c1-25(2)28(34)41-20-18-38-16-13-32-30(36)43-24-27(44-31(37)33-14-17-39-19-21-42-29(35)26(3)4)23-40-15-12-22-49(11,45-47(5,6)7)46-48(8,9)10/h27H,1,3,12-24H2,2,4-11H3,(H,32,36)(H,33,37). The molecule has 1 unspecified atom stereocenters. The van der Waals surface area contributed by atoms with Crippen molar-refractivity contribution in [3.05, 3.63) is 24.3 Å². The summed E-state index contributed by atoms with van der Waals surface area (Å²) in [6.45, 7) is 26.2. The lowest BCUT2D eigenvalue weighted by Gasteiger charge is -2.38. The number of rotatable bonds is 27. The van der Waals surface area contributed by atoms with Gasteiger partial charge in [-0.15, -0.1) is 0 Å². The van der Waals surface area contributed by atoms with Crippen LogP contribution >= 0.6 is 0 Å². The van der Waals surface area contributed by atoms with Crippen LogP contribution < -0.4 is 10.6 Å². The SMILES string of the molecule is C=C(C)C(=O)OCCOCCNC(=O)OCC(COCCC[Si](C)(O[Si](C)(C)C)O[Si](C)(C)C)OC(=O)NCCOCCOC(=O)C(=C)C. The number of ether oxygens (including phenoxy) is 7. The number of hydrogen-bond acceptors (Lipinski definition) is 13. The molecule has 0 aromatic rings. The number of nitrogens with one attached hydrogen (secondary N) is 2. The molecule has 2 amide bonds. The monoisotopic (exact) mass is 752 g/mol. The first-order valence-electron chi connectivity index (χ1n) is 16.4. The van der Waals surface area contributed by atoms with Crippen molar-refractivity contribution in [1.82, 2.24) is 10.6 Å². The van der Waals surface area contributed by atoms with Crippen molar-refractivity contribution in [2.45, 2.75) is 78.2 Å². The molecule has 49 heavy (non-hydrogen) atoms. The Balaban J connectivity index is 4.82. The van der Waals surface area contributed by atoms with E-state index in [4.69, 9.17) is 41.4 Å². The Hall–Kier alpha value is -2.59. The summed E-state index contributed by atoms with van der Waals surface area (Å²) >= 11 is 0. The Bertz CT molecular complexity index is 1030. The number of hydrogen-bond donors (Lipinski definition) is 2. The third-order valence-corrected chi connectivity index (χ3v) is 15.2. The fourth-order valence-corrected chi connectivity index (χ4v) is 16.5. The number of carbonyl (C=O) groups is 4. The number of alkyl carbamates (subject to hydrolysis) is 2. The fourth-order valence-electron chi connectivity index (χ4n) is 3.94. The summed E-state index contributed by atoms with van der Waals surface area (Å²) < 4.78 is 50.1. The van der Waals surface area contributed by atoms with Crippen molar-refractivity contribution >= 4 is 49.3 Å². The van der Waals surface area contributed by atoms with Crippen LogP contribution in [0.5, 0.6) is 0 Å². The van der Waals surface area contributed by atoms with Crippen LogP contribution in [0.1, 0.15) is 20.3 Å². The molecule has 284 valence electrons. The molecule has 0 aromatic heterocycles. The molecule has 0 radical (unpaired) electrons. The van der Waals surface area contributed by atoms with Crippen LogP contribution in [-0.2, 0) is 51.0 Å². The van der Waals surface area contributed by atoms with E-state index in [1.54, 1.807) is 13.8 Å². The van der Waals surface area contributed by atoms with Crippen molar-refractivity contribution in [3.63, 3.8) is 0 Å². The predicted molar refractivity (Wildman–Crippen MR) is 192 cm³/mol. The summed E-state index contributed by atoms with van der Waals surface area (Å²) in [6, 6.07) is 0.747. The zero-order valence-electron chi connectivity index (χ0n) is 31.0. The van der Waals surface area contributed by atoms with Crippen LogP contribution in [0.4, 0.5) is 9.59 Å². The summed E-state index contributed by atoms with van der Waals surface area (Å²) in [7, 11) is -6.10. The second-order valence-corrected chi connectivity index (χ2v) is 26.1. The average molecular weight is 753 g/mol. The molecule has 2 N–H and O–H groups in total. The average Bonchev–Trinajstić information content (AvgIpc) is 2.96. The van der Waals surface area contributed by atoms with Crippen molar-refractivity contribution in [3.8, 4) is 0 Å². The molecule has 0 saturated heterocycles. The minimum Gasteiger partial charge on any atom is -0.460 e. The summed E-state index contributed by atoms with van der Waals surface area (Å²) in [4.78, 5) is 47.4. The minimum atomic E-state index is -2.43.